The number of hydrogen-bond acceptors (Lipinski definition) is 3. The molecule has 6 heteroatoms. The van der Waals surface area contributed by atoms with Crippen LogP contribution < -0.4 is 5.32 Å². The molecule has 2 rings (SSSR count). The van der Waals surface area contributed by atoms with Crippen LogP contribution in [0.5, 0.6) is 0 Å². The minimum atomic E-state index is -1.05. The maximum Gasteiger partial charge on any atom is 0.337 e. The average molecular weight is 264 g/mol. The molecule has 4 nitrogen and oxygen atoms in total. The second-order valence-electron chi connectivity index (χ2n) is 3.83. The van der Waals surface area contributed by atoms with E-state index in [4.69, 9.17) is 5.11 Å². The first-order chi connectivity index (χ1) is 9.06. The Hall–Kier alpha value is -2.50. The summed E-state index contributed by atoms with van der Waals surface area (Å²) in [7, 11) is 0. The quantitative estimate of drug-likeness (QED) is 0.891. The maximum absolute atomic E-state index is 13.0. The van der Waals surface area contributed by atoms with Gasteiger partial charge in [-0.2, -0.15) is 0 Å². The fourth-order valence-corrected chi connectivity index (χ4v) is 1.45. The molecule has 98 valence electrons. The number of hydrogen-bond donors (Lipinski definition) is 2. The summed E-state index contributed by atoms with van der Waals surface area (Å²) in [5.41, 5.74) is 1.11. The standard InChI is InChI=1S/C13H10F2N2O2/c14-11-4-3-9(5-12(11)15)17-7-10-2-1-8(6-16-10)13(18)19/h1-6,17H,7H2,(H,18,19). The lowest BCUT2D eigenvalue weighted by molar-refractivity contribution is 0.0696. The van der Waals surface area contributed by atoms with Crippen LogP contribution in [0.1, 0.15) is 16.1 Å². The monoisotopic (exact) mass is 264 g/mol. The molecule has 0 unspecified atom stereocenters. The number of anilines is 1. The first-order valence-corrected chi connectivity index (χ1v) is 5.43. The van der Waals surface area contributed by atoms with Crippen molar-refractivity contribution < 1.29 is 18.7 Å². The number of aromatic carboxylic acids is 1. The van der Waals surface area contributed by atoms with E-state index >= 15 is 0 Å². The van der Waals surface area contributed by atoms with E-state index in [1.54, 1.807) is 6.07 Å². The summed E-state index contributed by atoms with van der Waals surface area (Å²) in [5.74, 6) is -2.89. The molecular weight excluding hydrogens is 254 g/mol. The molecule has 0 bridgehead atoms. The van der Waals surface area contributed by atoms with Crippen LogP contribution in [0.2, 0.25) is 0 Å². The Morgan fingerprint density at radius 2 is 2.00 bits per heavy atom. The van der Waals surface area contributed by atoms with Crippen LogP contribution in [-0.2, 0) is 6.54 Å². The Morgan fingerprint density at radius 1 is 1.21 bits per heavy atom. The number of halogens is 2. The molecule has 0 aliphatic rings. The molecule has 2 aromatic rings. The molecule has 0 spiro atoms. The molecule has 19 heavy (non-hydrogen) atoms. The van der Waals surface area contributed by atoms with Crippen LogP contribution in [0.25, 0.3) is 0 Å². The Balaban J connectivity index is 2.01. The number of carbonyl (C=O) groups is 1. The number of rotatable bonds is 4. The van der Waals surface area contributed by atoms with Crippen LogP contribution in [0.15, 0.2) is 36.5 Å². The largest absolute Gasteiger partial charge is 0.478 e. The van der Waals surface area contributed by atoms with Gasteiger partial charge in [0.25, 0.3) is 0 Å². The zero-order valence-electron chi connectivity index (χ0n) is 9.73. The fourth-order valence-electron chi connectivity index (χ4n) is 1.45. The summed E-state index contributed by atoms with van der Waals surface area (Å²) in [6, 6.07) is 6.46. The normalized spacial score (nSPS) is 10.2. The van der Waals surface area contributed by atoms with Gasteiger partial charge in [0.2, 0.25) is 0 Å². The molecule has 0 radical (unpaired) electrons. The lowest BCUT2D eigenvalue weighted by atomic mass is 10.2. The van der Waals surface area contributed by atoms with Crippen molar-refractivity contribution in [3.8, 4) is 0 Å². The summed E-state index contributed by atoms with van der Waals surface area (Å²) in [6.45, 7) is 0.283. The van der Waals surface area contributed by atoms with Crippen LogP contribution in [0.3, 0.4) is 0 Å². The molecule has 1 aromatic heterocycles. The van der Waals surface area contributed by atoms with Crippen molar-refractivity contribution in [2.45, 2.75) is 6.54 Å². The number of carboxylic acid groups (broad SMARTS) is 1. The number of benzene rings is 1. The van der Waals surface area contributed by atoms with Crippen LogP contribution in [-0.4, -0.2) is 16.1 Å². The first kappa shape index (κ1) is 12.9. The van der Waals surface area contributed by atoms with Crippen LogP contribution in [0.4, 0.5) is 14.5 Å². The van der Waals surface area contributed by atoms with Crippen LogP contribution >= 0.6 is 0 Å². The number of aromatic nitrogens is 1. The van der Waals surface area contributed by atoms with Crippen LogP contribution in [0, 0.1) is 11.6 Å². The van der Waals surface area contributed by atoms with Crippen molar-refractivity contribution in [1.82, 2.24) is 4.98 Å². The van der Waals surface area contributed by atoms with E-state index in [1.807, 2.05) is 0 Å². The predicted octanol–water partition coefficient (Wildman–Crippen LogP) is 2.67. The van der Waals surface area contributed by atoms with E-state index < -0.39 is 17.6 Å². The molecule has 1 heterocycles. The van der Waals surface area contributed by atoms with Gasteiger partial charge in [0, 0.05) is 18.0 Å². The second-order valence-corrected chi connectivity index (χ2v) is 3.83. The smallest absolute Gasteiger partial charge is 0.337 e. The summed E-state index contributed by atoms with van der Waals surface area (Å²) >= 11 is 0. The highest BCUT2D eigenvalue weighted by Gasteiger charge is 2.04. The lowest BCUT2D eigenvalue weighted by Gasteiger charge is -2.06. The Morgan fingerprint density at radius 3 is 2.58 bits per heavy atom. The van der Waals surface area contributed by atoms with Gasteiger partial charge in [0.05, 0.1) is 17.8 Å². The summed E-state index contributed by atoms with van der Waals surface area (Å²) < 4.78 is 25.7. The number of carboxylic acids is 1. The van der Waals surface area contributed by atoms with Gasteiger partial charge in [-0.05, 0) is 24.3 Å². The molecule has 2 N–H and O–H groups in total. The van der Waals surface area contributed by atoms with E-state index in [9.17, 15) is 13.6 Å². The topological polar surface area (TPSA) is 62.2 Å². The van der Waals surface area contributed by atoms with Crippen molar-refractivity contribution in [2.75, 3.05) is 5.32 Å². The van der Waals surface area contributed by atoms with E-state index in [2.05, 4.69) is 10.3 Å². The summed E-state index contributed by atoms with van der Waals surface area (Å²) in [4.78, 5) is 14.6. The molecule has 0 amide bonds. The number of nitrogens with one attached hydrogen (secondary N) is 1. The molecule has 1 aromatic carbocycles. The second kappa shape index (κ2) is 5.43. The van der Waals surface area contributed by atoms with Gasteiger partial charge in [-0.25, -0.2) is 13.6 Å². The van der Waals surface area contributed by atoms with Gasteiger partial charge in [0.15, 0.2) is 11.6 Å². The zero-order chi connectivity index (χ0) is 13.8. The third-order valence-corrected chi connectivity index (χ3v) is 2.46. The number of pyridine rings is 1. The van der Waals surface area contributed by atoms with Gasteiger partial charge in [-0.1, -0.05) is 0 Å². The van der Waals surface area contributed by atoms with Gasteiger partial charge >= 0.3 is 5.97 Å². The molecule has 0 aliphatic heterocycles. The number of nitrogens with zero attached hydrogens (tertiary/aromatic N) is 1. The lowest BCUT2D eigenvalue weighted by Crippen LogP contribution is -2.04. The van der Waals surface area contributed by atoms with Gasteiger partial charge in [-0.3, -0.25) is 4.98 Å². The minimum Gasteiger partial charge on any atom is -0.478 e. The molecule has 0 atom stereocenters. The molecule has 0 saturated heterocycles. The van der Waals surface area contributed by atoms with Crippen molar-refractivity contribution in [3.05, 3.63) is 59.4 Å². The van der Waals surface area contributed by atoms with E-state index in [1.165, 1.54) is 18.3 Å². The van der Waals surface area contributed by atoms with Gasteiger partial charge in [-0.15, -0.1) is 0 Å². The SMILES string of the molecule is O=C(O)c1ccc(CNc2ccc(F)c(F)c2)nc1. The highest BCUT2D eigenvalue weighted by atomic mass is 19.2. The highest BCUT2D eigenvalue weighted by molar-refractivity contribution is 5.87. The van der Waals surface area contributed by atoms with Crippen molar-refractivity contribution in [2.24, 2.45) is 0 Å². The molecule has 0 fully saturated rings. The minimum absolute atomic E-state index is 0.0941. The molecular formula is C13H10F2N2O2. The average Bonchev–Trinajstić information content (AvgIpc) is 2.40. The molecule has 0 saturated carbocycles. The zero-order valence-corrected chi connectivity index (χ0v) is 9.73. The van der Waals surface area contributed by atoms with Crippen molar-refractivity contribution >= 4 is 11.7 Å². The van der Waals surface area contributed by atoms with Gasteiger partial charge in [0.1, 0.15) is 0 Å². The fraction of sp³-hybridized carbons (Fsp3) is 0.0769. The maximum atomic E-state index is 13.0. The Labute approximate surface area is 107 Å². The van der Waals surface area contributed by atoms with E-state index in [-0.39, 0.29) is 12.1 Å². The summed E-state index contributed by atoms with van der Waals surface area (Å²) in [6.07, 6.45) is 1.24. The Kier molecular flexibility index (Phi) is 3.70. The van der Waals surface area contributed by atoms with Gasteiger partial charge < -0.3 is 10.4 Å². The third-order valence-electron chi connectivity index (χ3n) is 2.46. The Bertz CT molecular complexity index is 600. The first-order valence-electron chi connectivity index (χ1n) is 5.43. The predicted molar refractivity (Wildman–Crippen MR) is 64.9 cm³/mol. The third kappa shape index (κ3) is 3.25. The van der Waals surface area contributed by atoms with E-state index in [0.717, 1.165) is 12.1 Å². The van der Waals surface area contributed by atoms with Crippen molar-refractivity contribution in [1.29, 1.82) is 0 Å². The summed E-state index contributed by atoms with van der Waals surface area (Å²) in [5, 5.41) is 11.6. The van der Waals surface area contributed by atoms with Crippen molar-refractivity contribution in [3.63, 3.8) is 0 Å². The van der Waals surface area contributed by atoms with E-state index in [0.29, 0.717) is 11.4 Å². The highest BCUT2D eigenvalue weighted by Crippen LogP contribution is 2.13. The molecule has 0 aliphatic carbocycles.